The molecular weight excluding hydrogens is 228 g/mol. The summed E-state index contributed by atoms with van der Waals surface area (Å²) in [7, 11) is 0. The second-order valence-electron chi connectivity index (χ2n) is 7.23. The maximum atomic E-state index is 12.3. The summed E-state index contributed by atoms with van der Waals surface area (Å²) in [5.41, 5.74) is 0.406. The Kier molecular flexibility index (Phi) is 2.24. The van der Waals surface area contributed by atoms with Crippen LogP contribution in [0.1, 0.15) is 34.1 Å². The van der Waals surface area contributed by atoms with Crippen LogP contribution in [0, 0.1) is 28.6 Å². The topological polar surface area (TPSA) is 57.5 Å². The highest BCUT2D eigenvalue weighted by Crippen LogP contribution is 2.71. The summed E-state index contributed by atoms with van der Waals surface area (Å²) in [5.74, 6) is 0.437. The van der Waals surface area contributed by atoms with Gasteiger partial charge in [0.05, 0.1) is 12.2 Å². The summed E-state index contributed by atoms with van der Waals surface area (Å²) in [4.78, 5) is 12.3. The van der Waals surface area contributed by atoms with Crippen LogP contribution in [0.2, 0.25) is 0 Å². The molecule has 6 atom stereocenters. The first-order valence-corrected chi connectivity index (χ1v) is 6.80. The van der Waals surface area contributed by atoms with E-state index in [1.54, 1.807) is 6.08 Å². The van der Waals surface area contributed by atoms with Gasteiger partial charge in [-0.1, -0.05) is 26.3 Å². The maximum Gasteiger partial charge on any atom is 0.159 e. The molecule has 0 aromatic heterocycles. The Labute approximate surface area is 108 Å². The van der Waals surface area contributed by atoms with Crippen molar-refractivity contribution in [3.63, 3.8) is 0 Å². The number of aliphatic hydroxyl groups excluding tert-OH is 2. The fourth-order valence-electron chi connectivity index (χ4n) is 4.97. The first-order chi connectivity index (χ1) is 8.22. The van der Waals surface area contributed by atoms with Crippen LogP contribution in [0.3, 0.4) is 0 Å². The molecule has 0 aliphatic heterocycles. The van der Waals surface area contributed by atoms with Gasteiger partial charge in [0.15, 0.2) is 5.78 Å². The van der Waals surface area contributed by atoms with Gasteiger partial charge in [-0.2, -0.15) is 0 Å². The van der Waals surface area contributed by atoms with E-state index in [0.29, 0.717) is 6.42 Å². The monoisotopic (exact) mass is 250 g/mol. The zero-order valence-electron chi connectivity index (χ0n) is 11.5. The van der Waals surface area contributed by atoms with E-state index in [1.165, 1.54) is 0 Å². The Morgan fingerprint density at radius 1 is 1.17 bits per heavy atom. The molecule has 3 nitrogen and oxygen atoms in total. The third-order valence-electron chi connectivity index (χ3n) is 6.11. The van der Waals surface area contributed by atoms with Crippen LogP contribution in [-0.2, 0) is 4.79 Å². The highest BCUT2D eigenvalue weighted by Gasteiger charge is 2.72. The zero-order valence-corrected chi connectivity index (χ0v) is 11.5. The van der Waals surface area contributed by atoms with Crippen LogP contribution < -0.4 is 0 Å². The number of hydrogen-bond acceptors (Lipinski definition) is 3. The SMILES string of the molecule is CC1=CC(=O)C2C3C1C2(C)[C@H](O)C[C@@H](O)C3(C)C. The fourth-order valence-corrected chi connectivity index (χ4v) is 4.97. The number of allylic oxidation sites excluding steroid dienone is 2. The van der Waals surface area contributed by atoms with Crippen LogP contribution in [0.4, 0.5) is 0 Å². The Balaban J connectivity index is 2.18. The molecule has 0 radical (unpaired) electrons. The van der Waals surface area contributed by atoms with Gasteiger partial charge < -0.3 is 10.2 Å². The molecule has 4 bridgehead atoms. The van der Waals surface area contributed by atoms with Crippen LogP contribution >= 0.6 is 0 Å². The van der Waals surface area contributed by atoms with Crippen LogP contribution in [0.15, 0.2) is 11.6 Å². The molecule has 2 saturated carbocycles. The van der Waals surface area contributed by atoms with Crippen molar-refractivity contribution in [3.8, 4) is 0 Å². The average Bonchev–Trinajstić information content (AvgIpc) is 2.31. The predicted molar refractivity (Wildman–Crippen MR) is 67.8 cm³/mol. The summed E-state index contributed by atoms with van der Waals surface area (Å²) in [6.45, 7) is 8.08. The molecular formula is C15H22O3. The molecule has 0 spiro atoms. The lowest BCUT2D eigenvalue weighted by Gasteiger charge is -2.65. The summed E-state index contributed by atoms with van der Waals surface area (Å²) >= 11 is 0. The number of carbonyl (C=O) groups excluding carboxylic acids is 1. The molecule has 4 aliphatic carbocycles. The number of rotatable bonds is 0. The van der Waals surface area contributed by atoms with Crippen LogP contribution in [0.5, 0.6) is 0 Å². The van der Waals surface area contributed by atoms with Gasteiger partial charge in [-0.15, -0.1) is 0 Å². The van der Waals surface area contributed by atoms with E-state index in [-0.39, 0.29) is 34.4 Å². The lowest BCUT2D eigenvalue weighted by atomic mass is 9.37. The first kappa shape index (κ1) is 12.4. The Bertz CT molecular complexity index is 451. The Hall–Kier alpha value is -0.670. The smallest absolute Gasteiger partial charge is 0.159 e. The van der Waals surface area contributed by atoms with E-state index >= 15 is 0 Å². The predicted octanol–water partition coefficient (Wildman–Crippen LogP) is 1.54. The molecule has 100 valence electrons. The van der Waals surface area contributed by atoms with Gasteiger partial charge in [0.1, 0.15) is 0 Å². The standard InChI is InChI=1S/C15H22O3/c1-7-5-8(16)12-13-11(7)15(12,4)10(18)6-9(17)14(13,2)3/h5,9-13,17-18H,6H2,1-4H3/t9-,10-,11?,12?,13?,15?/m1/s1. The van der Waals surface area contributed by atoms with E-state index in [1.807, 2.05) is 27.7 Å². The number of carbonyl (C=O) groups is 1. The van der Waals surface area contributed by atoms with Gasteiger partial charge in [0.2, 0.25) is 0 Å². The molecule has 0 aromatic carbocycles. The molecule has 4 aliphatic rings. The molecule has 4 unspecified atom stereocenters. The highest BCUT2D eigenvalue weighted by molar-refractivity contribution is 5.96. The third kappa shape index (κ3) is 1.11. The van der Waals surface area contributed by atoms with Gasteiger partial charge in [0, 0.05) is 17.8 Å². The van der Waals surface area contributed by atoms with Crippen molar-refractivity contribution in [3.05, 3.63) is 11.6 Å². The lowest BCUT2D eigenvalue weighted by molar-refractivity contribution is -0.190. The molecule has 18 heavy (non-hydrogen) atoms. The molecule has 0 aromatic rings. The van der Waals surface area contributed by atoms with Crippen molar-refractivity contribution in [1.29, 1.82) is 0 Å². The van der Waals surface area contributed by atoms with Gasteiger partial charge in [-0.25, -0.2) is 0 Å². The number of ketones is 1. The Morgan fingerprint density at radius 3 is 2.33 bits per heavy atom. The summed E-state index contributed by atoms with van der Waals surface area (Å²) in [6.07, 6.45) is 1.00. The molecule has 2 N–H and O–H groups in total. The van der Waals surface area contributed by atoms with E-state index in [0.717, 1.165) is 5.57 Å². The van der Waals surface area contributed by atoms with E-state index in [4.69, 9.17) is 0 Å². The quantitative estimate of drug-likeness (QED) is 0.685. The normalized spacial score (nSPS) is 53.3. The molecule has 0 amide bonds. The van der Waals surface area contributed by atoms with E-state index in [2.05, 4.69) is 0 Å². The average molecular weight is 250 g/mol. The molecule has 0 saturated heterocycles. The lowest BCUT2D eigenvalue weighted by Crippen LogP contribution is -2.67. The highest BCUT2D eigenvalue weighted by atomic mass is 16.3. The van der Waals surface area contributed by atoms with Gasteiger partial charge in [0.25, 0.3) is 0 Å². The van der Waals surface area contributed by atoms with Gasteiger partial charge in [-0.3, -0.25) is 4.79 Å². The zero-order chi connectivity index (χ0) is 13.5. The number of aliphatic hydroxyl groups is 2. The number of fused-ring (bicyclic) bond motifs is 1. The van der Waals surface area contributed by atoms with Crippen LogP contribution in [-0.4, -0.2) is 28.2 Å². The van der Waals surface area contributed by atoms with Crippen molar-refractivity contribution < 1.29 is 15.0 Å². The maximum absolute atomic E-state index is 12.3. The Morgan fingerprint density at radius 2 is 1.78 bits per heavy atom. The van der Waals surface area contributed by atoms with Gasteiger partial charge >= 0.3 is 0 Å². The van der Waals surface area contributed by atoms with Crippen molar-refractivity contribution in [2.45, 2.75) is 46.3 Å². The second-order valence-corrected chi connectivity index (χ2v) is 7.23. The molecule has 2 fully saturated rings. The third-order valence-corrected chi connectivity index (χ3v) is 6.11. The van der Waals surface area contributed by atoms with Gasteiger partial charge in [-0.05, 0) is 30.3 Å². The molecule has 0 heterocycles. The fraction of sp³-hybridized carbons (Fsp3) is 0.800. The van der Waals surface area contributed by atoms with Crippen molar-refractivity contribution in [2.75, 3.05) is 0 Å². The van der Waals surface area contributed by atoms with Crippen LogP contribution in [0.25, 0.3) is 0 Å². The van der Waals surface area contributed by atoms with E-state index < -0.39 is 12.2 Å². The molecule has 4 rings (SSSR count). The summed E-state index contributed by atoms with van der Waals surface area (Å²) < 4.78 is 0. The minimum Gasteiger partial charge on any atom is -0.392 e. The van der Waals surface area contributed by atoms with Crippen molar-refractivity contribution in [2.24, 2.45) is 28.6 Å². The molecule has 3 heteroatoms. The summed E-state index contributed by atoms with van der Waals surface area (Å²) in [6, 6.07) is 0. The minimum absolute atomic E-state index is 0.117. The largest absolute Gasteiger partial charge is 0.392 e. The summed E-state index contributed by atoms with van der Waals surface area (Å²) in [5, 5.41) is 20.8. The van der Waals surface area contributed by atoms with Crippen molar-refractivity contribution >= 4 is 5.78 Å². The number of hydrogen-bond donors (Lipinski definition) is 2. The second kappa shape index (κ2) is 3.26. The first-order valence-electron chi connectivity index (χ1n) is 6.80. The van der Waals surface area contributed by atoms with Crippen molar-refractivity contribution in [1.82, 2.24) is 0 Å². The van der Waals surface area contributed by atoms with E-state index in [9.17, 15) is 15.0 Å². The minimum atomic E-state index is -0.590.